The fraction of sp³-hybridized carbons (Fsp3) is 0.684. The Kier molecular flexibility index (Phi) is 8.93. The minimum atomic E-state index is 0.126. The average molecular weight is 384 g/mol. The number of carbonyl (C=O) groups is 1. The van der Waals surface area contributed by atoms with Gasteiger partial charge in [0.1, 0.15) is 0 Å². The van der Waals surface area contributed by atoms with Crippen LogP contribution >= 0.6 is 22.9 Å². The molecule has 1 aromatic rings. The number of alkyl halides is 1. The maximum atomic E-state index is 12.4. The molecule has 0 aromatic carbocycles. The zero-order valence-corrected chi connectivity index (χ0v) is 16.9. The van der Waals surface area contributed by atoms with Crippen molar-refractivity contribution in [2.75, 3.05) is 13.6 Å². The number of halogens is 1. The van der Waals surface area contributed by atoms with Gasteiger partial charge in [0.2, 0.25) is 5.91 Å². The molecular weight excluding hydrogens is 354 g/mol. The number of likely N-dealkylation sites (N-methyl/N-ethyl adjacent to an activating group) is 1. The number of hydrogen-bond acceptors (Lipinski definition) is 4. The lowest BCUT2D eigenvalue weighted by Crippen LogP contribution is -2.46. The molecule has 6 heteroatoms. The number of rotatable bonds is 9. The average Bonchev–Trinajstić information content (AvgIpc) is 3.03. The van der Waals surface area contributed by atoms with Crippen LogP contribution in [-0.4, -0.2) is 30.5 Å². The first-order chi connectivity index (χ1) is 12.2. The van der Waals surface area contributed by atoms with Crippen LogP contribution in [0.5, 0.6) is 0 Å². The Labute approximate surface area is 160 Å². The zero-order valence-electron chi connectivity index (χ0n) is 15.3. The van der Waals surface area contributed by atoms with Crippen molar-refractivity contribution < 1.29 is 4.79 Å². The molecule has 2 N–H and O–H groups in total. The predicted octanol–water partition coefficient (Wildman–Crippen LogP) is 4.13. The molecule has 1 heterocycles. The summed E-state index contributed by atoms with van der Waals surface area (Å²) >= 11 is 7.59. The summed E-state index contributed by atoms with van der Waals surface area (Å²) in [5, 5.41) is 7.47. The van der Waals surface area contributed by atoms with E-state index >= 15 is 0 Å². The Morgan fingerprint density at radius 1 is 1.40 bits per heavy atom. The molecule has 1 aromatic heterocycles. The van der Waals surface area contributed by atoms with Crippen molar-refractivity contribution in [3.63, 3.8) is 0 Å². The van der Waals surface area contributed by atoms with Gasteiger partial charge in [0.25, 0.3) is 0 Å². The second kappa shape index (κ2) is 10.9. The highest BCUT2D eigenvalue weighted by Crippen LogP contribution is 2.27. The lowest BCUT2D eigenvalue weighted by molar-refractivity contribution is -0.122. The fourth-order valence-electron chi connectivity index (χ4n) is 3.49. The van der Waals surface area contributed by atoms with Gasteiger partial charge in [0.05, 0.1) is 21.5 Å². The van der Waals surface area contributed by atoms with Crippen LogP contribution in [0.25, 0.3) is 6.08 Å². The zero-order chi connectivity index (χ0) is 18.1. The van der Waals surface area contributed by atoms with E-state index in [-0.39, 0.29) is 11.9 Å². The Hall–Kier alpha value is -0.910. The van der Waals surface area contributed by atoms with Gasteiger partial charge < -0.3 is 10.6 Å². The number of nitrogens with zero attached hydrogens (tertiary/aromatic N) is 1. The van der Waals surface area contributed by atoms with Crippen LogP contribution in [0.2, 0.25) is 0 Å². The van der Waals surface area contributed by atoms with Gasteiger partial charge in [-0.1, -0.05) is 25.3 Å². The van der Waals surface area contributed by atoms with Gasteiger partial charge in [0, 0.05) is 25.4 Å². The van der Waals surface area contributed by atoms with E-state index < -0.39 is 0 Å². The number of thiazole rings is 1. The number of amides is 1. The van der Waals surface area contributed by atoms with E-state index in [9.17, 15) is 4.79 Å². The molecule has 1 saturated carbocycles. The summed E-state index contributed by atoms with van der Waals surface area (Å²) in [6, 6.07) is 0.242. The van der Waals surface area contributed by atoms with Gasteiger partial charge in [-0.3, -0.25) is 4.79 Å². The van der Waals surface area contributed by atoms with E-state index in [2.05, 4.69) is 15.6 Å². The summed E-state index contributed by atoms with van der Waals surface area (Å²) in [5.74, 6) is 1.14. The molecule has 1 amide bonds. The van der Waals surface area contributed by atoms with Crippen molar-refractivity contribution in [1.82, 2.24) is 15.6 Å². The second-order valence-electron chi connectivity index (χ2n) is 6.68. The molecule has 0 spiro atoms. The molecule has 2 rings (SSSR count). The molecular formula is C19H30ClN3OS. The quantitative estimate of drug-likeness (QED) is 0.630. The Morgan fingerprint density at radius 3 is 2.80 bits per heavy atom. The molecule has 140 valence electrons. The molecule has 0 aliphatic heterocycles. The molecule has 4 nitrogen and oxygen atoms in total. The Balaban J connectivity index is 1.87. The number of aryl methyl sites for hydroxylation is 1. The smallest absolute Gasteiger partial charge is 0.220 e. The normalized spacial score (nSPS) is 17.1. The summed E-state index contributed by atoms with van der Waals surface area (Å²) in [6.07, 6.45) is 11.5. The number of aromatic nitrogens is 1. The highest BCUT2D eigenvalue weighted by Gasteiger charge is 2.24. The van der Waals surface area contributed by atoms with Gasteiger partial charge >= 0.3 is 0 Å². The minimum Gasteiger partial charge on any atom is -0.352 e. The van der Waals surface area contributed by atoms with Crippen molar-refractivity contribution in [2.24, 2.45) is 5.92 Å². The van der Waals surface area contributed by atoms with E-state index in [0.29, 0.717) is 24.6 Å². The highest BCUT2D eigenvalue weighted by molar-refractivity contribution is 7.12. The van der Waals surface area contributed by atoms with Crippen molar-refractivity contribution in [1.29, 1.82) is 0 Å². The molecule has 1 fully saturated rings. The third kappa shape index (κ3) is 6.39. The molecule has 1 aliphatic rings. The summed E-state index contributed by atoms with van der Waals surface area (Å²) in [4.78, 5) is 18.1. The number of allylic oxidation sites excluding steroid dienone is 1. The van der Waals surface area contributed by atoms with Crippen molar-refractivity contribution in [2.45, 2.75) is 63.8 Å². The topological polar surface area (TPSA) is 54.0 Å². The molecule has 25 heavy (non-hydrogen) atoms. The predicted molar refractivity (Wildman–Crippen MR) is 107 cm³/mol. The van der Waals surface area contributed by atoms with Crippen molar-refractivity contribution in [3.05, 3.63) is 21.7 Å². The van der Waals surface area contributed by atoms with Crippen LogP contribution in [0.1, 0.15) is 61.0 Å². The summed E-state index contributed by atoms with van der Waals surface area (Å²) in [6.45, 7) is 2.83. The maximum absolute atomic E-state index is 12.4. The van der Waals surface area contributed by atoms with Crippen LogP contribution < -0.4 is 10.6 Å². The molecule has 1 atom stereocenters. The lowest BCUT2D eigenvalue weighted by atomic mass is 9.83. The van der Waals surface area contributed by atoms with Gasteiger partial charge in [0.15, 0.2) is 0 Å². The minimum absolute atomic E-state index is 0.126. The Morgan fingerprint density at radius 2 is 2.16 bits per heavy atom. The molecule has 0 unspecified atom stereocenters. The standard InChI is InChI=1S/C19H30ClN3OS/c1-3-7-17-15(12-20)23-19(25-17)11-10-18(24)22-16(13-21-2)14-8-5-4-6-9-14/h3,7,14,16,21H,4-6,8-13H2,1-2H3,(H,22,24)/b7-3-/t16-/m1/s1. The van der Waals surface area contributed by atoms with Crippen molar-refractivity contribution >= 4 is 34.9 Å². The third-order valence-electron chi connectivity index (χ3n) is 4.77. The first-order valence-electron chi connectivity index (χ1n) is 9.29. The van der Waals surface area contributed by atoms with Gasteiger partial charge in [-0.05, 0) is 38.8 Å². The lowest BCUT2D eigenvalue weighted by Gasteiger charge is -2.31. The third-order valence-corrected chi connectivity index (χ3v) is 6.15. The molecule has 0 radical (unpaired) electrons. The maximum Gasteiger partial charge on any atom is 0.220 e. The number of hydrogen-bond donors (Lipinski definition) is 2. The second-order valence-corrected chi connectivity index (χ2v) is 8.06. The monoisotopic (exact) mass is 383 g/mol. The summed E-state index contributed by atoms with van der Waals surface area (Å²) < 4.78 is 0. The van der Waals surface area contributed by atoms with Gasteiger partial charge in [-0.15, -0.1) is 22.9 Å². The Bertz CT molecular complexity index is 567. The molecule has 0 saturated heterocycles. The van der Waals surface area contributed by atoms with Crippen LogP contribution in [0, 0.1) is 5.92 Å². The highest BCUT2D eigenvalue weighted by atomic mass is 35.5. The van der Waals surface area contributed by atoms with Gasteiger partial charge in [-0.2, -0.15) is 0 Å². The van der Waals surface area contributed by atoms with Crippen LogP contribution in [-0.2, 0) is 17.1 Å². The van der Waals surface area contributed by atoms with Crippen molar-refractivity contribution in [3.8, 4) is 0 Å². The van der Waals surface area contributed by atoms with E-state index in [1.54, 1.807) is 11.3 Å². The number of nitrogens with one attached hydrogen (secondary N) is 2. The van der Waals surface area contributed by atoms with Crippen LogP contribution in [0.4, 0.5) is 0 Å². The van der Waals surface area contributed by atoms with Gasteiger partial charge in [-0.25, -0.2) is 4.98 Å². The summed E-state index contributed by atoms with van der Waals surface area (Å²) in [5.41, 5.74) is 0.912. The molecule has 0 bridgehead atoms. The van der Waals surface area contributed by atoms with Crippen LogP contribution in [0.3, 0.4) is 0 Å². The fourth-order valence-corrected chi connectivity index (χ4v) is 4.83. The number of carbonyl (C=O) groups excluding carboxylic acids is 1. The van der Waals surface area contributed by atoms with Crippen LogP contribution in [0.15, 0.2) is 6.08 Å². The van der Waals surface area contributed by atoms with E-state index in [1.165, 1.54) is 32.1 Å². The molecule has 1 aliphatic carbocycles. The van der Waals surface area contributed by atoms with E-state index in [0.717, 1.165) is 22.1 Å². The largest absolute Gasteiger partial charge is 0.352 e. The first kappa shape index (κ1) is 20.4. The summed E-state index contributed by atoms with van der Waals surface area (Å²) in [7, 11) is 1.95. The van der Waals surface area contributed by atoms with E-state index in [1.807, 2.05) is 26.1 Å². The SMILES string of the molecule is C/C=C\c1sc(CCC(=O)N[C@H](CNC)C2CCCCC2)nc1CCl. The first-order valence-corrected chi connectivity index (χ1v) is 10.6. The van der Waals surface area contributed by atoms with E-state index in [4.69, 9.17) is 11.6 Å².